The minimum absolute atomic E-state index is 0.545. The molecule has 1 N–H and O–H groups in total. The molecular weight excluding hydrogens is 250 g/mol. The molecule has 5 nitrogen and oxygen atoms in total. The molecule has 5 heteroatoms. The second kappa shape index (κ2) is 5.74. The first-order valence-electron chi connectivity index (χ1n) is 6.95. The zero-order chi connectivity index (χ0) is 13.8. The van der Waals surface area contributed by atoms with Crippen LogP contribution in [0.1, 0.15) is 19.3 Å². The molecule has 2 aromatic heterocycles. The Morgan fingerprint density at radius 3 is 2.70 bits per heavy atom. The number of hydrogen-bond acceptors (Lipinski definition) is 4. The third-order valence-corrected chi connectivity index (χ3v) is 3.86. The van der Waals surface area contributed by atoms with Crippen LogP contribution in [-0.2, 0) is 0 Å². The first-order valence-corrected chi connectivity index (χ1v) is 6.95. The van der Waals surface area contributed by atoms with Crippen molar-refractivity contribution >= 4 is 5.82 Å². The molecule has 2 aromatic rings. The van der Waals surface area contributed by atoms with E-state index in [-0.39, 0.29) is 0 Å². The molecule has 0 amide bonds. The smallest absolute Gasteiger partial charge is 0.151 e. The highest BCUT2D eigenvalue weighted by molar-refractivity contribution is 5.58. The molecule has 0 bridgehead atoms. The van der Waals surface area contributed by atoms with Crippen molar-refractivity contribution in [1.29, 1.82) is 5.26 Å². The maximum Gasteiger partial charge on any atom is 0.151 e. The number of rotatable bonds is 3. The fraction of sp³-hybridized carbons (Fsp3) is 0.400. The van der Waals surface area contributed by atoms with Gasteiger partial charge in [-0.3, -0.25) is 0 Å². The number of aromatic nitrogens is 3. The largest absolute Gasteiger partial charge is 0.367 e. The van der Waals surface area contributed by atoms with Gasteiger partial charge in [0.1, 0.15) is 0 Å². The topological polar surface area (TPSA) is 68.6 Å². The van der Waals surface area contributed by atoms with E-state index in [1.807, 2.05) is 30.6 Å². The van der Waals surface area contributed by atoms with E-state index < -0.39 is 0 Å². The van der Waals surface area contributed by atoms with Gasteiger partial charge in [-0.25, -0.2) is 0 Å². The molecule has 20 heavy (non-hydrogen) atoms. The van der Waals surface area contributed by atoms with Crippen molar-refractivity contribution in [2.75, 3.05) is 18.0 Å². The summed E-state index contributed by atoms with van der Waals surface area (Å²) in [4.78, 5) is 5.27. The van der Waals surface area contributed by atoms with Crippen molar-refractivity contribution < 1.29 is 0 Å². The molecule has 0 spiro atoms. The number of nitriles is 1. The molecule has 0 aliphatic carbocycles. The van der Waals surface area contributed by atoms with Crippen molar-refractivity contribution in [3.8, 4) is 17.3 Å². The molecule has 1 aliphatic rings. The van der Waals surface area contributed by atoms with Crippen LogP contribution in [0.4, 0.5) is 5.82 Å². The predicted molar refractivity (Wildman–Crippen MR) is 77.0 cm³/mol. The fourth-order valence-corrected chi connectivity index (χ4v) is 2.63. The number of nitrogens with zero attached hydrogens (tertiary/aromatic N) is 4. The molecule has 1 aliphatic heterocycles. The van der Waals surface area contributed by atoms with Crippen LogP contribution in [0, 0.1) is 17.2 Å². The number of piperidine rings is 1. The van der Waals surface area contributed by atoms with Gasteiger partial charge in [-0.15, -0.1) is 10.2 Å². The number of aromatic amines is 1. The monoisotopic (exact) mass is 267 g/mol. The average molecular weight is 267 g/mol. The second-order valence-corrected chi connectivity index (χ2v) is 5.17. The van der Waals surface area contributed by atoms with Gasteiger partial charge >= 0.3 is 0 Å². The summed E-state index contributed by atoms with van der Waals surface area (Å²) in [7, 11) is 0. The van der Waals surface area contributed by atoms with Gasteiger partial charge in [0.2, 0.25) is 0 Å². The van der Waals surface area contributed by atoms with Gasteiger partial charge < -0.3 is 9.88 Å². The lowest BCUT2D eigenvalue weighted by atomic mass is 9.94. The molecule has 3 heterocycles. The minimum Gasteiger partial charge on any atom is -0.367 e. The van der Waals surface area contributed by atoms with Crippen molar-refractivity contribution in [2.45, 2.75) is 19.3 Å². The highest BCUT2D eigenvalue weighted by Crippen LogP contribution is 2.24. The van der Waals surface area contributed by atoms with Gasteiger partial charge in [0.15, 0.2) is 5.82 Å². The van der Waals surface area contributed by atoms with Crippen LogP contribution in [0.3, 0.4) is 0 Å². The third-order valence-electron chi connectivity index (χ3n) is 3.86. The van der Waals surface area contributed by atoms with Gasteiger partial charge in [-0.1, -0.05) is 0 Å². The highest BCUT2D eigenvalue weighted by atomic mass is 15.3. The maximum atomic E-state index is 8.73. The summed E-state index contributed by atoms with van der Waals surface area (Å²) in [6, 6.07) is 8.28. The molecule has 1 saturated heterocycles. The Morgan fingerprint density at radius 1 is 1.25 bits per heavy atom. The first-order chi connectivity index (χ1) is 9.86. The highest BCUT2D eigenvalue weighted by Gasteiger charge is 2.20. The number of nitrogens with one attached hydrogen (secondary N) is 1. The Kier molecular flexibility index (Phi) is 3.64. The molecule has 0 atom stereocenters. The fourth-order valence-electron chi connectivity index (χ4n) is 2.63. The average Bonchev–Trinajstić information content (AvgIpc) is 3.03. The van der Waals surface area contributed by atoms with Crippen LogP contribution < -0.4 is 4.90 Å². The van der Waals surface area contributed by atoms with E-state index in [4.69, 9.17) is 5.26 Å². The molecule has 3 rings (SSSR count). The van der Waals surface area contributed by atoms with Crippen molar-refractivity contribution in [2.24, 2.45) is 5.92 Å². The van der Waals surface area contributed by atoms with Crippen molar-refractivity contribution in [3.05, 3.63) is 30.6 Å². The lowest BCUT2D eigenvalue weighted by Crippen LogP contribution is -2.34. The standard InChI is InChI=1S/C15H17N5/c16-7-3-12-5-9-20(10-6-12)15-2-1-14(18-19-15)13-4-8-17-11-13/h1-2,4,8,11-12,17H,3,5-6,9-10H2. The third kappa shape index (κ3) is 2.64. The van der Waals surface area contributed by atoms with Crippen LogP contribution in [0.15, 0.2) is 30.6 Å². The SMILES string of the molecule is N#CCC1CCN(c2ccc(-c3cc[nH]c3)nn2)CC1. The van der Waals surface area contributed by atoms with E-state index in [0.717, 1.165) is 43.0 Å². The molecule has 0 saturated carbocycles. The van der Waals surface area contributed by atoms with Crippen LogP contribution in [0.25, 0.3) is 11.3 Å². The predicted octanol–water partition coefficient (Wildman–Crippen LogP) is 2.60. The summed E-state index contributed by atoms with van der Waals surface area (Å²) in [6.07, 6.45) is 6.59. The van der Waals surface area contributed by atoms with E-state index in [1.165, 1.54) is 0 Å². The zero-order valence-corrected chi connectivity index (χ0v) is 11.3. The lowest BCUT2D eigenvalue weighted by molar-refractivity contribution is 0.410. The van der Waals surface area contributed by atoms with Crippen LogP contribution >= 0.6 is 0 Å². The molecule has 1 fully saturated rings. The summed E-state index contributed by atoms with van der Waals surface area (Å²) in [5.41, 5.74) is 1.94. The summed E-state index contributed by atoms with van der Waals surface area (Å²) in [5, 5.41) is 17.3. The van der Waals surface area contributed by atoms with Crippen LogP contribution in [0.5, 0.6) is 0 Å². The van der Waals surface area contributed by atoms with Gasteiger partial charge in [0.05, 0.1) is 11.8 Å². The van der Waals surface area contributed by atoms with Gasteiger partial charge in [-0.05, 0) is 37.0 Å². The summed E-state index contributed by atoms with van der Waals surface area (Å²) in [6.45, 7) is 1.93. The van der Waals surface area contributed by atoms with E-state index in [9.17, 15) is 0 Å². The van der Waals surface area contributed by atoms with Gasteiger partial charge in [-0.2, -0.15) is 5.26 Å². The summed E-state index contributed by atoms with van der Waals surface area (Å²) in [5.74, 6) is 1.48. The lowest BCUT2D eigenvalue weighted by Gasteiger charge is -2.31. The van der Waals surface area contributed by atoms with E-state index >= 15 is 0 Å². The molecule has 0 unspecified atom stereocenters. The molecular formula is C15H17N5. The Morgan fingerprint density at radius 2 is 2.10 bits per heavy atom. The van der Waals surface area contributed by atoms with E-state index in [2.05, 4.69) is 26.2 Å². The van der Waals surface area contributed by atoms with Gasteiger partial charge in [0.25, 0.3) is 0 Å². The second-order valence-electron chi connectivity index (χ2n) is 5.17. The Bertz CT molecular complexity index is 574. The zero-order valence-electron chi connectivity index (χ0n) is 11.3. The maximum absolute atomic E-state index is 8.73. The Labute approximate surface area is 118 Å². The van der Waals surface area contributed by atoms with Gasteiger partial charge in [0, 0.05) is 37.5 Å². The van der Waals surface area contributed by atoms with E-state index in [0.29, 0.717) is 12.3 Å². The number of anilines is 1. The summed E-state index contributed by atoms with van der Waals surface area (Å²) < 4.78 is 0. The van der Waals surface area contributed by atoms with Crippen LogP contribution in [-0.4, -0.2) is 28.3 Å². The van der Waals surface area contributed by atoms with Crippen LogP contribution in [0.2, 0.25) is 0 Å². The van der Waals surface area contributed by atoms with Crippen molar-refractivity contribution in [3.63, 3.8) is 0 Å². The molecule has 0 radical (unpaired) electrons. The quantitative estimate of drug-likeness (QED) is 0.928. The number of hydrogen-bond donors (Lipinski definition) is 1. The minimum atomic E-state index is 0.545. The molecule has 102 valence electrons. The van der Waals surface area contributed by atoms with E-state index in [1.54, 1.807) is 0 Å². The Hall–Kier alpha value is -2.35. The summed E-state index contributed by atoms with van der Waals surface area (Å²) >= 11 is 0. The number of H-pyrrole nitrogens is 1. The molecule has 0 aromatic carbocycles. The first kappa shape index (κ1) is 12.7. The Balaban J connectivity index is 1.66. The van der Waals surface area contributed by atoms with Crippen molar-refractivity contribution in [1.82, 2.24) is 15.2 Å². The normalized spacial score (nSPS) is 16.1.